The highest BCUT2D eigenvalue weighted by Crippen LogP contribution is 2.36. The molecule has 3 aromatic carbocycles. The van der Waals surface area contributed by atoms with E-state index in [1.807, 2.05) is 12.1 Å². The van der Waals surface area contributed by atoms with Gasteiger partial charge in [-0.1, -0.05) is 46.9 Å². The van der Waals surface area contributed by atoms with Crippen LogP contribution in [-0.2, 0) is 6.61 Å². The topological polar surface area (TPSA) is 51.5 Å². The number of allylic oxidation sites excluding steroid dienone is 1. The Morgan fingerprint density at radius 3 is 2.13 bits per heavy atom. The summed E-state index contributed by atoms with van der Waals surface area (Å²) >= 11 is 18.7. The zero-order chi connectivity index (χ0) is 22.4. The van der Waals surface area contributed by atoms with Gasteiger partial charge >= 0.3 is 0 Å². The number of hydrogen-bond acceptors (Lipinski definition) is 4. The van der Waals surface area contributed by atoms with Crippen LogP contribution in [0.1, 0.15) is 16.7 Å². The molecule has 0 aliphatic heterocycles. The average Bonchev–Trinajstić information content (AvgIpc) is 2.77. The maximum atomic E-state index is 9.66. The second-order valence-electron chi connectivity index (χ2n) is 6.47. The van der Waals surface area contributed by atoms with E-state index in [0.717, 1.165) is 5.56 Å². The highest BCUT2D eigenvalue weighted by molar-refractivity contribution is 6.37. The van der Waals surface area contributed by atoms with Gasteiger partial charge in [-0.2, -0.15) is 5.26 Å². The number of halogens is 3. The fraction of sp³-hybridized carbons (Fsp3) is 0.125. The van der Waals surface area contributed by atoms with Gasteiger partial charge in [-0.25, -0.2) is 0 Å². The summed E-state index contributed by atoms with van der Waals surface area (Å²) < 4.78 is 16.4. The largest absolute Gasteiger partial charge is 0.493 e. The molecule has 0 saturated heterocycles. The van der Waals surface area contributed by atoms with E-state index in [0.29, 0.717) is 55.6 Å². The van der Waals surface area contributed by atoms with Gasteiger partial charge in [0.25, 0.3) is 0 Å². The minimum absolute atomic E-state index is 0.293. The standard InChI is InChI=1S/C24H18Cl3NO3/c1-29-22-8-5-17(12-23(22)30-2)18(13-28)9-16-10-20(26)24(21(27)11-16)31-14-15-3-6-19(25)7-4-15/h3-12H,14H2,1-2H3/b18-9+. The minimum atomic E-state index is 0.293. The van der Waals surface area contributed by atoms with Crippen LogP contribution in [-0.4, -0.2) is 14.2 Å². The van der Waals surface area contributed by atoms with E-state index < -0.39 is 0 Å². The van der Waals surface area contributed by atoms with Gasteiger partial charge in [-0.05, 0) is 65.2 Å². The van der Waals surface area contributed by atoms with E-state index in [9.17, 15) is 5.26 Å². The van der Waals surface area contributed by atoms with Crippen LogP contribution < -0.4 is 14.2 Å². The van der Waals surface area contributed by atoms with Gasteiger partial charge in [0.15, 0.2) is 17.2 Å². The van der Waals surface area contributed by atoms with Crippen LogP contribution >= 0.6 is 34.8 Å². The van der Waals surface area contributed by atoms with Crippen LogP contribution in [0.25, 0.3) is 11.6 Å². The van der Waals surface area contributed by atoms with E-state index in [1.165, 1.54) is 0 Å². The van der Waals surface area contributed by atoms with Crippen LogP contribution in [0.15, 0.2) is 54.6 Å². The number of ether oxygens (including phenoxy) is 3. The van der Waals surface area contributed by atoms with Crippen LogP contribution in [0.2, 0.25) is 15.1 Å². The van der Waals surface area contributed by atoms with E-state index in [1.54, 1.807) is 62.8 Å². The lowest BCUT2D eigenvalue weighted by molar-refractivity contribution is 0.306. The summed E-state index contributed by atoms with van der Waals surface area (Å²) in [5, 5.41) is 11.0. The first kappa shape index (κ1) is 22.8. The highest BCUT2D eigenvalue weighted by Gasteiger charge is 2.12. The van der Waals surface area contributed by atoms with E-state index >= 15 is 0 Å². The van der Waals surface area contributed by atoms with Crippen LogP contribution in [0, 0.1) is 11.3 Å². The molecule has 3 rings (SSSR count). The molecular weight excluding hydrogens is 457 g/mol. The van der Waals surface area contributed by atoms with Gasteiger partial charge in [0.1, 0.15) is 6.61 Å². The van der Waals surface area contributed by atoms with Gasteiger partial charge < -0.3 is 14.2 Å². The Morgan fingerprint density at radius 1 is 0.903 bits per heavy atom. The summed E-state index contributed by atoms with van der Waals surface area (Å²) in [5.41, 5.74) is 2.69. The Kier molecular flexibility index (Phi) is 7.70. The zero-order valence-electron chi connectivity index (χ0n) is 16.8. The van der Waals surface area contributed by atoms with Crippen molar-refractivity contribution in [2.45, 2.75) is 6.61 Å². The first-order chi connectivity index (χ1) is 14.9. The molecule has 0 bridgehead atoms. The molecule has 0 N–H and O–H groups in total. The van der Waals surface area contributed by atoms with Crippen molar-refractivity contribution in [2.75, 3.05) is 14.2 Å². The number of benzene rings is 3. The molecular formula is C24H18Cl3NO3. The molecule has 0 aliphatic rings. The SMILES string of the molecule is COc1ccc(/C(C#N)=C/c2cc(Cl)c(OCc3ccc(Cl)cc3)c(Cl)c2)cc1OC. The summed E-state index contributed by atoms with van der Waals surface area (Å²) in [5.74, 6) is 1.49. The molecule has 0 radical (unpaired) electrons. The van der Waals surface area contributed by atoms with Crippen LogP contribution in [0.4, 0.5) is 0 Å². The maximum Gasteiger partial charge on any atom is 0.161 e. The molecule has 7 heteroatoms. The van der Waals surface area contributed by atoms with Crippen molar-refractivity contribution in [3.63, 3.8) is 0 Å². The van der Waals surface area contributed by atoms with E-state index in [2.05, 4.69) is 6.07 Å². The predicted octanol–water partition coefficient (Wildman–Crippen LogP) is 7.31. The van der Waals surface area contributed by atoms with Gasteiger partial charge in [0.2, 0.25) is 0 Å². The third kappa shape index (κ3) is 5.65. The first-order valence-corrected chi connectivity index (χ1v) is 10.3. The summed E-state index contributed by atoms with van der Waals surface area (Å²) in [6.45, 7) is 0.293. The van der Waals surface area contributed by atoms with Crippen molar-refractivity contribution < 1.29 is 14.2 Å². The summed E-state index contributed by atoms with van der Waals surface area (Å²) in [7, 11) is 3.10. The molecule has 158 valence electrons. The number of rotatable bonds is 7. The quantitative estimate of drug-likeness (QED) is 0.266. The zero-order valence-corrected chi connectivity index (χ0v) is 19.1. The van der Waals surface area contributed by atoms with E-state index in [-0.39, 0.29) is 0 Å². The van der Waals surface area contributed by atoms with Crippen molar-refractivity contribution in [3.05, 3.63) is 86.4 Å². The molecule has 31 heavy (non-hydrogen) atoms. The molecule has 3 aromatic rings. The summed E-state index contributed by atoms with van der Waals surface area (Å²) in [6.07, 6.45) is 1.70. The van der Waals surface area contributed by atoms with Gasteiger partial charge in [0, 0.05) is 5.02 Å². The van der Waals surface area contributed by atoms with Gasteiger partial charge in [-0.15, -0.1) is 0 Å². The molecule has 0 unspecified atom stereocenters. The minimum Gasteiger partial charge on any atom is -0.493 e. The highest BCUT2D eigenvalue weighted by atomic mass is 35.5. The molecule has 0 aliphatic carbocycles. The van der Waals surface area contributed by atoms with Crippen LogP contribution in [0.3, 0.4) is 0 Å². The molecule has 0 heterocycles. The molecule has 0 amide bonds. The van der Waals surface area contributed by atoms with Crippen molar-refractivity contribution in [2.24, 2.45) is 0 Å². The molecule has 0 saturated carbocycles. The fourth-order valence-corrected chi connectivity index (χ4v) is 3.63. The Balaban J connectivity index is 1.86. The summed E-state index contributed by atoms with van der Waals surface area (Å²) in [4.78, 5) is 0. The molecule has 0 aromatic heterocycles. The average molecular weight is 475 g/mol. The molecule has 0 fully saturated rings. The van der Waals surface area contributed by atoms with Crippen molar-refractivity contribution in [3.8, 4) is 23.3 Å². The number of methoxy groups -OCH3 is 2. The summed E-state index contributed by atoms with van der Waals surface area (Å²) in [6, 6.07) is 18.2. The second-order valence-corrected chi connectivity index (χ2v) is 7.72. The third-order valence-electron chi connectivity index (χ3n) is 4.44. The number of nitriles is 1. The van der Waals surface area contributed by atoms with Gasteiger partial charge in [0.05, 0.1) is 35.9 Å². The van der Waals surface area contributed by atoms with E-state index in [4.69, 9.17) is 49.0 Å². The second kappa shape index (κ2) is 10.5. The lowest BCUT2D eigenvalue weighted by atomic mass is 10.0. The molecule has 0 spiro atoms. The smallest absolute Gasteiger partial charge is 0.161 e. The lowest BCUT2D eigenvalue weighted by Gasteiger charge is -2.12. The fourth-order valence-electron chi connectivity index (χ4n) is 2.89. The van der Waals surface area contributed by atoms with Crippen LogP contribution in [0.5, 0.6) is 17.2 Å². The maximum absolute atomic E-state index is 9.66. The normalized spacial score (nSPS) is 11.0. The lowest BCUT2D eigenvalue weighted by Crippen LogP contribution is -1.97. The van der Waals surface area contributed by atoms with Crippen molar-refractivity contribution >= 4 is 46.5 Å². The number of nitrogens with zero attached hydrogens (tertiary/aromatic N) is 1. The molecule has 4 nitrogen and oxygen atoms in total. The Hall–Kier alpha value is -2.84. The van der Waals surface area contributed by atoms with Crippen molar-refractivity contribution in [1.82, 2.24) is 0 Å². The Morgan fingerprint density at radius 2 is 1.55 bits per heavy atom. The predicted molar refractivity (Wildman–Crippen MR) is 125 cm³/mol. The first-order valence-electron chi connectivity index (χ1n) is 9.15. The Bertz CT molecular complexity index is 1130. The monoisotopic (exact) mass is 473 g/mol. The Labute approximate surface area is 196 Å². The van der Waals surface area contributed by atoms with Gasteiger partial charge in [-0.3, -0.25) is 0 Å². The third-order valence-corrected chi connectivity index (χ3v) is 5.26. The van der Waals surface area contributed by atoms with Crippen molar-refractivity contribution in [1.29, 1.82) is 5.26 Å². The number of hydrogen-bond donors (Lipinski definition) is 0. The molecule has 0 atom stereocenters.